The molecule has 2 aromatic carbocycles. The Hall–Kier alpha value is -1.56. The zero-order chi connectivity index (χ0) is 15.3. The molecule has 0 heterocycles. The van der Waals surface area contributed by atoms with E-state index in [1.165, 1.54) is 29.5 Å². The lowest BCUT2D eigenvalue weighted by molar-refractivity contribution is 0.332. The lowest BCUT2D eigenvalue weighted by atomic mass is 9.62. The summed E-state index contributed by atoms with van der Waals surface area (Å²) in [6.45, 7) is 11.8. The molecule has 0 N–H and O–H groups in total. The highest BCUT2D eigenvalue weighted by Gasteiger charge is 2.37. The van der Waals surface area contributed by atoms with Gasteiger partial charge in [0.2, 0.25) is 0 Å². The molecule has 0 aliphatic heterocycles. The van der Waals surface area contributed by atoms with E-state index in [4.69, 9.17) is 0 Å². The minimum Gasteiger partial charge on any atom is -0.0622 e. The highest BCUT2D eigenvalue weighted by Crippen LogP contribution is 2.47. The molecule has 3 rings (SSSR count). The van der Waals surface area contributed by atoms with Gasteiger partial charge >= 0.3 is 0 Å². The van der Waals surface area contributed by atoms with Crippen molar-refractivity contribution in [1.29, 1.82) is 0 Å². The molecule has 0 nitrogen and oxygen atoms in total. The Labute approximate surface area is 129 Å². The smallest absolute Gasteiger partial charge is 0.0100 e. The fourth-order valence-corrected chi connectivity index (χ4v) is 3.65. The molecular weight excluding hydrogens is 252 g/mol. The van der Waals surface area contributed by atoms with Gasteiger partial charge in [-0.3, -0.25) is 0 Å². The standard InChI is InChI=1S/C21H26/c1-15-13-18-19(21(4,5)12-11-20(18,2)3)14-17(15)16-9-7-6-8-10-16/h6-10,13-14H,11-12H2,1-5H3. The second-order valence-electron chi connectivity index (χ2n) is 7.85. The van der Waals surface area contributed by atoms with Gasteiger partial charge in [-0.1, -0.05) is 70.2 Å². The highest BCUT2D eigenvalue weighted by molar-refractivity contribution is 5.70. The van der Waals surface area contributed by atoms with Gasteiger partial charge in [0.15, 0.2) is 0 Å². The Morgan fingerprint density at radius 3 is 1.86 bits per heavy atom. The molecule has 0 saturated carbocycles. The molecule has 0 heteroatoms. The summed E-state index contributed by atoms with van der Waals surface area (Å²) in [6.07, 6.45) is 2.54. The first-order chi connectivity index (χ1) is 9.81. The van der Waals surface area contributed by atoms with E-state index < -0.39 is 0 Å². The summed E-state index contributed by atoms with van der Waals surface area (Å²) >= 11 is 0. The zero-order valence-corrected chi connectivity index (χ0v) is 14.0. The van der Waals surface area contributed by atoms with Crippen LogP contribution in [-0.2, 0) is 10.8 Å². The van der Waals surface area contributed by atoms with Gasteiger partial charge in [-0.2, -0.15) is 0 Å². The molecule has 2 aromatic rings. The van der Waals surface area contributed by atoms with Crippen molar-refractivity contribution in [2.24, 2.45) is 0 Å². The molecule has 0 radical (unpaired) electrons. The van der Waals surface area contributed by atoms with E-state index in [-0.39, 0.29) is 5.41 Å². The Kier molecular flexibility index (Phi) is 3.24. The fraction of sp³-hybridized carbons (Fsp3) is 0.429. The number of aryl methyl sites for hydroxylation is 1. The SMILES string of the molecule is Cc1cc2c(cc1-c1ccccc1)C(C)(C)CCC2(C)C. The molecule has 0 spiro atoms. The van der Waals surface area contributed by atoms with E-state index >= 15 is 0 Å². The van der Waals surface area contributed by atoms with Crippen LogP contribution in [0.25, 0.3) is 11.1 Å². The first-order valence-electron chi connectivity index (χ1n) is 8.02. The van der Waals surface area contributed by atoms with Crippen molar-refractivity contribution in [2.75, 3.05) is 0 Å². The number of hydrogen-bond donors (Lipinski definition) is 0. The van der Waals surface area contributed by atoms with Gasteiger partial charge < -0.3 is 0 Å². The Balaban J connectivity index is 2.24. The summed E-state index contributed by atoms with van der Waals surface area (Å²) in [6, 6.07) is 15.7. The Morgan fingerprint density at radius 1 is 0.762 bits per heavy atom. The van der Waals surface area contributed by atoms with Gasteiger partial charge in [0.05, 0.1) is 0 Å². The third-order valence-electron chi connectivity index (χ3n) is 5.28. The maximum Gasteiger partial charge on any atom is -0.0100 e. The molecule has 0 bridgehead atoms. The van der Waals surface area contributed by atoms with Gasteiger partial charge in [-0.05, 0) is 58.4 Å². The van der Waals surface area contributed by atoms with Crippen LogP contribution in [0.4, 0.5) is 0 Å². The van der Waals surface area contributed by atoms with Crippen molar-refractivity contribution in [2.45, 2.75) is 58.3 Å². The minimum absolute atomic E-state index is 0.280. The fourth-order valence-electron chi connectivity index (χ4n) is 3.65. The maximum absolute atomic E-state index is 2.46. The molecule has 0 fully saturated rings. The molecule has 1 aliphatic rings. The molecule has 1 aliphatic carbocycles. The highest BCUT2D eigenvalue weighted by atomic mass is 14.4. The van der Waals surface area contributed by atoms with E-state index in [0.29, 0.717) is 5.41 Å². The van der Waals surface area contributed by atoms with Crippen LogP contribution in [-0.4, -0.2) is 0 Å². The van der Waals surface area contributed by atoms with Crippen molar-refractivity contribution < 1.29 is 0 Å². The average Bonchev–Trinajstić information content (AvgIpc) is 2.45. The molecule has 0 unspecified atom stereocenters. The summed E-state index contributed by atoms with van der Waals surface area (Å²) in [5.74, 6) is 0. The summed E-state index contributed by atoms with van der Waals surface area (Å²) in [7, 11) is 0. The second kappa shape index (κ2) is 4.73. The lowest BCUT2D eigenvalue weighted by Crippen LogP contribution is -2.34. The number of fused-ring (bicyclic) bond motifs is 1. The predicted molar refractivity (Wildman–Crippen MR) is 91.9 cm³/mol. The van der Waals surface area contributed by atoms with E-state index in [1.807, 2.05) is 0 Å². The van der Waals surface area contributed by atoms with Crippen LogP contribution in [0, 0.1) is 6.92 Å². The van der Waals surface area contributed by atoms with Crippen LogP contribution >= 0.6 is 0 Å². The van der Waals surface area contributed by atoms with Gasteiger partial charge in [0.1, 0.15) is 0 Å². The average molecular weight is 278 g/mol. The lowest BCUT2D eigenvalue weighted by Gasteiger charge is -2.42. The van der Waals surface area contributed by atoms with Crippen molar-refractivity contribution in [1.82, 2.24) is 0 Å². The van der Waals surface area contributed by atoms with Gasteiger partial charge in [0.25, 0.3) is 0 Å². The van der Waals surface area contributed by atoms with Crippen LogP contribution in [0.3, 0.4) is 0 Å². The molecule has 0 atom stereocenters. The minimum atomic E-state index is 0.280. The molecule has 110 valence electrons. The summed E-state index contributed by atoms with van der Waals surface area (Å²) < 4.78 is 0. The van der Waals surface area contributed by atoms with E-state index in [9.17, 15) is 0 Å². The van der Waals surface area contributed by atoms with Crippen LogP contribution in [0.2, 0.25) is 0 Å². The third-order valence-corrected chi connectivity index (χ3v) is 5.28. The van der Waals surface area contributed by atoms with Crippen molar-refractivity contribution in [3.05, 3.63) is 59.2 Å². The Bertz CT molecular complexity index is 660. The van der Waals surface area contributed by atoms with Crippen LogP contribution in [0.15, 0.2) is 42.5 Å². The van der Waals surface area contributed by atoms with Gasteiger partial charge in [0, 0.05) is 0 Å². The van der Waals surface area contributed by atoms with Crippen molar-refractivity contribution >= 4 is 0 Å². The molecule has 21 heavy (non-hydrogen) atoms. The normalized spacial score (nSPS) is 19.1. The zero-order valence-electron chi connectivity index (χ0n) is 14.0. The number of rotatable bonds is 1. The first kappa shape index (κ1) is 14.4. The van der Waals surface area contributed by atoms with E-state index in [2.05, 4.69) is 77.1 Å². The largest absolute Gasteiger partial charge is 0.0622 e. The van der Waals surface area contributed by atoms with E-state index in [0.717, 1.165) is 0 Å². The number of hydrogen-bond acceptors (Lipinski definition) is 0. The quantitative estimate of drug-likeness (QED) is 0.599. The van der Waals surface area contributed by atoms with Crippen LogP contribution in [0.1, 0.15) is 57.2 Å². The summed E-state index contributed by atoms with van der Waals surface area (Å²) in [5.41, 5.74) is 7.79. The second-order valence-corrected chi connectivity index (χ2v) is 7.85. The molecule has 0 aromatic heterocycles. The molecular formula is C21H26. The molecule has 0 saturated heterocycles. The van der Waals surface area contributed by atoms with Gasteiger partial charge in [-0.25, -0.2) is 0 Å². The maximum atomic E-state index is 2.46. The summed E-state index contributed by atoms with van der Waals surface area (Å²) in [4.78, 5) is 0. The van der Waals surface area contributed by atoms with Crippen molar-refractivity contribution in [3.63, 3.8) is 0 Å². The number of benzene rings is 2. The van der Waals surface area contributed by atoms with E-state index in [1.54, 1.807) is 11.1 Å². The monoisotopic (exact) mass is 278 g/mol. The predicted octanol–water partition coefficient (Wildman–Crippen LogP) is 6.01. The topological polar surface area (TPSA) is 0 Å². The first-order valence-corrected chi connectivity index (χ1v) is 8.02. The van der Waals surface area contributed by atoms with Gasteiger partial charge in [-0.15, -0.1) is 0 Å². The van der Waals surface area contributed by atoms with Crippen LogP contribution < -0.4 is 0 Å². The third kappa shape index (κ3) is 2.41. The van der Waals surface area contributed by atoms with Crippen LogP contribution in [0.5, 0.6) is 0 Å². The Morgan fingerprint density at radius 2 is 1.29 bits per heavy atom. The summed E-state index contributed by atoms with van der Waals surface area (Å²) in [5, 5.41) is 0. The molecule has 0 amide bonds. The van der Waals surface area contributed by atoms with Crippen molar-refractivity contribution in [3.8, 4) is 11.1 Å².